The van der Waals surface area contributed by atoms with Gasteiger partial charge in [0.1, 0.15) is 0 Å². The summed E-state index contributed by atoms with van der Waals surface area (Å²) in [5, 5.41) is 8.99. The van der Waals surface area contributed by atoms with Gasteiger partial charge in [0.05, 0.1) is 6.54 Å². The van der Waals surface area contributed by atoms with Crippen molar-refractivity contribution in [2.75, 3.05) is 13.1 Å². The molecule has 1 aliphatic carbocycles. The molecule has 1 rings (SSSR count). The number of hydrogen-bond donors (Lipinski definition) is 1. The van der Waals surface area contributed by atoms with E-state index in [-0.39, 0.29) is 12.1 Å². The molecule has 0 radical (unpaired) electrons. The van der Waals surface area contributed by atoms with Crippen LogP contribution in [0, 0.1) is 5.92 Å². The SMILES string of the molecule is CC(C)(C)N(CC(=O)O)CC1CCCCCC1. The average Bonchev–Trinajstić information content (AvgIpc) is 2.43. The standard InChI is InChI=1S/C14H27NO2/c1-14(2,3)15(11-13(16)17)10-12-8-6-4-5-7-9-12/h12H,4-11H2,1-3H3,(H,16,17). The van der Waals surface area contributed by atoms with Gasteiger partial charge < -0.3 is 5.11 Å². The van der Waals surface area contributed by atoms with Gasteiger partial charge in [-0.3, -0.25) is 9.69 Å². The van der Waals surface area contributed by atoms with Gasteiger partial charge in [0.15, 0.2) is 0 Å². The van der Waals surface area contributed by atoms with Gasteiger partial charge in [-0.15, -0.1) is 0 Å². The topological polar surface area (TPSA) is 40.5 Å². The van der Waals surface area contributed by atoms with E-state index in [0.29, 0.717) is 5.92 Å². The van der Waals surface area contributed by atoms with E-state index in [1.807, 2.05) is 0 Å². The largest absolute Gasteiger partial charge is 0.480 e. The van der Waals surface area contributed by atoms with E-state index in [9.17, 15) is 4.79 Å². The zero-order chi connectivity index (χ0) is 12.9. The molecule has 0 unspecified atom stereocenters. The molecule has 1 aliphatic rings. The van der Waals surface area contributed by atoms with Gasteiger partial charge in [0.2, 0.25) is 0 Å². The van der Waals surface area contributed by atoms with Crippen LogP contribution < -0.4 is 0 Å². The first-order valence-electron chi connectivity index (χ1n) is 6.86. The molecule has 1 fully saturated rings. The predicted octanol–water partition coefficient (Wildman–Crippen LogP) is 3.14. The molecule has 3 heteroatoms. The Labute approximate surface area is 105 Å². The van der Waals surface area contributed by atoms with Crippen molar-refractivity contribution in [2.45, 2.75) is 64.8 Å². The van der Waals surface area contributed by atoms with Crippen molar-refractivity contribution in [2.24, 2.45) is 5.92 Å². The van der Waals surface area contributed by atoms with Crippen LogP contribution in [-0.4, -0.2) is 34.6 Å². The lowest BCUT2D eigenvalue weighted by molar-refractivity contribution is -0.140. The monoisotopic (exact) mass is 241 g/mol. The van der Waals surface area contributed by atoms with E-state index in [4.69, 9.17) is 5.11 Å². The molecule has 0 bridgehead atoms. The van der Waals surface area contributed by atoms with Gasteiger partial charge in [-0.05, 0) is 39.5 Å². The highest BCUT2D eigenvalue weighted by atomic mass is 16.4. The van der Waals surface area contributed by atoms with Crippen LogP contribution in [0.15, 0.2) is 0 Å². The number of rotatable bonds is 4. The zero-order valence-electron chi connectivity index (χ0n) is 11.5. The fraction of sp³-hybridized carbons (Fsp3) is 0.929. The molecule has 100 valence electrons. The van der Waals surface area contributed by atoms with Gasteiger partial charge in [-0.2, -0.15) is 0 Å². The quantitative estimate of drug-likeness (QED) is 0.769. The second-order valence-electron chi connectivity index (χ2n) is 6.30. The van der Waals surface area contributed by atoms with Crippen molar-refractivity contribution in [3.63, 3.8) is 0 Å². The second-order valence-corrected chi connectivity index (χ2v) is 6.30. The molecule has 0 heterocycles. The first kappa shape index (κ1) is 14.5. The van der Waals surface area contributed by atoms with Crippen LogP contribution >= 0.6 is 0 Å². The highest BCUT2D eigenvalue weighted by molar-refractivity contribution is 5.69. The normalized spacial score (nSPS) is 19.3. The number of nitrogens with zero attached hydrogens (tertiary/aromatic N) is 1. The van der Waals surface area contributed by atoms with Crippen molar-refractivity contribution in [1.82, 2.24) is 4.90 Å². The molecule has 0 aromatic carbocycles. The van der Waals surface area contributed by atoms with E-state index in [2.05, 4.69) is 25.7 Å². The number of hydrogen-bond acceptors (Lipinski definition) is 2. The van der Waals surface area contributed by atoms with Gasteiger partial charge in [0, 0.05) is 12.1 Å². The number of carboxylic acid groups (broad SMARTS) is 1. The number of carbonyl (C=O) groups is 1. The average molecular weight is 241 g/mol. The molecule has 0 aromatic heterocycles. The molecular weight excluding hydrogens is 214 g/mol. The van der Waals surface area contributed by atoms with E-state index in [1.165, 1.54) is 38.5 Å². The third-order valence-electron chi connectivity index (χ3n) is 3.73. The third kappa shape index (κ3) is 5.53. The van der Waals surface area contributed by atoms with Crippen molar-refractivity contribution in [1.29, 1.82) is 0 Å². The van der Waals surface area contributed by atoms with Crippen LogP contribution in [0.5, 0.6) is 0 Å². The zero-order valence-corrected chi connectivity index (χ0v) is 11.5. The molecule has 0 atom stereocenters. The summed E-state index contributed by atoms with van der Waals surface area (Å²) in [6, 6.07) is 0. The second kappa shape index (κ2) is 6.39. The Morgan fingerprint density at radius 1 is 1.18 bits per heavy atom. The molecule has 0 aliphatic heterocycles. The Morgan fingerprint density at radius 3 is 2.12 bits per heavy atom. The highest BCUT2D eigenvalue weighted by Crippen LogP contribution is 2.26. The Balaban J connectivity index is 2.54. The van der Waals surface area contributed by atoms with Gasteiger partial charge >= 0.3 is 5.97 Å². The Bertz CT molecular complexity index is 237. The lowest BCUT2D eigenvalue weighted by Crippen LogP contribution is -2.46. The van der Waals surface area contributed by atoms with Gasteiger partial charge in [-0.1, -0.05) is 25.7 Å². The van der Waals surface area contributed by atoms with E-state index < -0.39 is 5.97 Å². The maximum absolute atomic E-state index is 10.9. The fourth-order valence-corrected chi connectivity index (χ4v) is 2.60. The molecule has 0 amide bonds. The molecule has 17 heavy (non-hydrogen) atoms. The molecule has 0 spiro atoms. The summed E-state index contributed by atoms with van der Waals surface area (Å²) in [4.78, 5) is 13.0. The summed E-state index contributed by atoms with van der Waals surface area (Å²) in [5.74, 6) is -0.0235. The minimum atomic E-state index is -0.714. The van der Waals surface area contributed by atoms with E-state index >= 15 is 0 Å². The minimum Gasteiger partial charge on any atom is -0.480 e. The van der Waals surface area contributed by atoms with E-state index in [1.54, 1.807) is 0 Å². The lowest BCUT2D eigenvalue weighted by atomic mass is 9.96. The van der Waals surface area contributed by atoms with Crippen LogP contribution in [0.2, 0.25) is 0 Å². The van der Waals surface area contributed by atoms with Crippen LogP contribution in [0.4, 0.5) is 0 Å². The molecule has 1 saturated carbocycles. The summed E-state index contributed by atoms with van der Waals surface area (Å²) in [6.07, 6.45) is 7.87. The van der Waals surface area contributed by atoms with Crippen LogP contribution in [-0.2, 0) is 4.79 Å². The summed E-state index contributed by atoms with van der Waals surface area (Å²) in [5.41, 5.74) is -0.0509. The maximum Gasteiger partial charge on any atom is 0.317 e. The van der Waals surface area contributed by atoms with Crippen molar-refractivity contribution in [3.8, 4) is 0 Å². The molecule has 0 aromatic rings. The predicted molar refractivity (Wildman–Crippen MR) is 70.2 cm³/mol. The van der Waals surface area contributed by atoms with Crippen LogP contribution in [0.3, 0.4) is 0 Å². The van der Waals surface area contributed by atoms with Crippen molar-refractivity contribution >= 4 is 5.97 Å². The Hall–Kier alpha value is -0.570. The lowest BCUT2D eigenvalue weighted by Gasteiger charge is -2.36. The molecule has 0 saturated heterocycles. The summed E-state index contributed by atoms with van der Waals surface area (Å²) >= 11 is 0. The summed E-state index contributed by atoms with van der Waals surface area (Å²) < 4.78 is 0. The molecular formula is C14H27NO2. The maximum atomic E-state index is 10.9. The summed E-state index contributed by atoms with van der Waals surface area (Å²) in [6.45, 7) is 7.42. The number of carboxylic acids is 1. The summed E-state index contributed by atoms with van der Waals surface area (Å²) in [7, 11) is 0. The highest BCUT2D eigenvalue weighted by Gasteiger charge is 2.26. The third-order valence-corrected chi connectivity index (χ3v) is 3.73. The van der Waals surface area contributed by atoms with Gasteiger partial charge in [-0.25, -0.2) is 0 Å². The fourth-order valence-electron chi connectivity index (χ4n) is 2.60. The van der Waals surface area contributed by atoms with Gasteiger partial charge in [0.25, 0.3) is 0 Å². The first-order chi connectivity index (χ1) is 7.89. The minimum absolute atomic E-state index is 0.0509. The molecule has 3 nitrogen and oxygen atoms in total. The first-order valence-corrected chi connectivity index (χ1v) is 6.86. The van der Waals surface area contributed by atoms with Crippen molar-refractivity contribution in [3.05, 3.63) is 0 Å². The Morgan fingerprint density at radius 2 is 1.71 bits per heavy atom. The van der Waals surface area contributed by atoms with Crippen LogP contribution in [0.25, 0.3) is 0 Å². The van der Waals surface area contributed by atoms with E-state index in [0.717, 1.165) is 6.54 Å². The molecule has 1 N–H and O–H groups in total. The Kier molecular flexibility index (Phi) is 5.44. The smallest absolute Gasteiger partial charge is 0.317 e. The number of aliphatic carboxylic acids is 1. The van der Waals surface area contributed by atoms with Crippen molar-refractivity contribution < 1.29 is 9.90 Å². The van der Waals surface area contributed by atoms with Crippen LogP contribution in [0.1, 0.15) is 59.3 Å².